The van der Waals surface area contributed by atoms with Crippen LogP contribution in [0.4, 0.5) is 0 Å². The van der Waals surface area contributed by atoms with Crippen molar-refractivity contribution in [1.29, 1.82) is 0 Å². The van der Waals surface area contributed by atoms with Crippen LogP contribution in [0.15, 0.2) is 47.6 Å². The van der Waals surface area contributed by atoms with E-state index in [4.69, 9.17) is 0 Å². The van der Waals surface area contributed by atoms with Crippen molar-refractivity contribution in [3.8, 4) is 0 Å². The zero-order valence-electron chi connectivity index (χ0n) is 13.9. The molecule has 1 atom stereocenters. The molecule has 0 unspecified atom stereocenters. The zero-order chi connectivity index (χ0) is 17.0. The molecule has 7 heteroatoms. The molecule has 1 aromatic carbocycles. The first-order valence-corrected chi connectivity index (χ1v) is 9.79. The molecule has 0 spiro atoms. The lowest BCUT2D eigenvalue weighted by Gasteiger charge is -2.16. The van der Waals surface area contributed by atoms with Gasteiger partial charge < -0.3 is 5.32 Å². The summed E-state index contributed by atoms with van der Waals surface area (Å²) < 4.78 is 28.4. The monoisotopic (exact) mass is 348 g/mol. The highest BCUT2D eigenvalue weighted by molar-refractivity contribution is 7.89. The third-order valence-electron chi connectivity index (χ3n) is 4.30. The highest BCUT2D eigenvalue weighted by atomic mass is 32.2. The minimum Gasteiger partial charge on any atom is -0.308 e. The van der Waals surface area contributed by atoms with E-state index in [2.05, 4.69) is 17.3 Å². The number of nitrogens with zero attached hydrogens (tertiary/aromatic N) is 3. The molecule has 1 aliphatic rings. The molecule has 1 fully saturated rings. The van der Waals surface area contributed by atoms with E-state index in [-0.39, 0.29) is 6.04 Å². The fourth-order valence-electron chi connectivity index (χ4n) is 2.90. The number of aromatic nitrogens is 2. The molecule has 3 rings (SSSR count). The second kappa shape index (κ2) is 7.46. The van der Waals surface area contributed by atoms with Gasteiger partial charge in [0.1, 0.15) is 0 Å². The Kier molecular flexibility index (Phi) is 5.33. The Morgan fingerprint density at radius 3 is 2.54 bits per heavy atom. The van der Waals surface area contributed by atoms with Gasteiger partial charge in [-0.3, -0.25) is 4.68 Å². The first kappa shape index (κ1) is 17.1. The maximum Gasteiger partial charge on any atom is 0.243 e. The second-order valence-corrected chi connectivity index (χ2v) is 8.20. The number of benzene rings is 1. The van der Waals surface area contributed by atoms with Gasteiger partial charge in [-0.1, -0.05) is 12.1 Å². The van der Waals surface area contributed by atoms with Crippen LogP contribution in [0.25, 0.3) is 0 Å². The fourth-order valence-corrected chi connectivity index (χ4v) is 4.42. The minimum atomic E-state index is -3.32. The number of hydrogen-bond acceptors (Lipinski definition) is 4. The Bertz CT molecular complexity index is 735. The molecular weight excluding hydrogens is 324 g/mol. The largest absolute Gasteiger partial charge is 0.308 e. The highest BCUT2D eigenvalue weighted by Crippen LogP contribution is 2.21. The van der Waals surface area contributed by atoms with Crippen LogP contribution >= 0.6 is 0 Å². The molecule has 6 nitrogen and oxygen atoms in total. The molecule has 0 aliphatic carbocycles. The van der Waals surface area contributed by atoms with Crippen LogP contribution in [0, 0.1) is 0 Å². The zero-order valence-corrected chi connectivity index (χ0v) is 14.7. The van der Waals surface area contributed by atoms with Crippen molar-refractivity contribution in [3.05, 3.63) is 48.3 Å². The van der Waals surface area contributed by atoms with Crippen molar-refractivity contribution >= 4 is 10.0 Å². The Morgan fingerprint density at radius 1 is 1.21 bits per heavy atom. The smallest absolute Gasteiger partial charge is 0.243 e. The van der Waals surface area contributed by atoms with Crippen LogP contribution in [-0.4, -0.2) is 41.6 Å². The van der Waals surface area contributed by atoms with Gasteiger partial charge in [0.2, 0.25) is 10.0 Å². The van der Waals surface area contributed by atoms with E-state index >= 15 is 0 Å². The van der Waals surface area contributed by atoms with E-state index in [0.717, 1.165) is 24.9 Å². The predicted octanol–water partition coefficient (Wildman–Crippen LogP) is 1.85. The molecule has 1 aliphatic heterocycles. The first-order valence-electron chi connectivity index (χ1n) is 8.35. The normalized spacial score (nSPS) is 17.2. The summed E-state index contributed by atoms with van der Waals surface area (Å²) >= 11 is 0. The standard InChI is InChI=1S/C17H24N4O2S/c1-15(14-20-10-4-9-19-20)18-13-16-5-7-17(8-6-16)24(22,23)21-11-2-3-12-21/h4-10,15,18H,2-3,11-14H2,1H3/t15-/m1/s1. The molecule has 24 heavy (non-hydrogen) atoms. The van der Waals surface area contributed by atoms with Crippen molar-refractivity contribution in [1.82, 2.24) is 19.4 Å². The Balaban J connectivity index is 1.56. The molecule has 2 aromatic rings. The molecular formula is C17H24N4O2S. The van der Waals surface area contributed by atoms with Crippen LogP contribution in [0.3, 0.4) is 0 Å². The van der Waals surface area contributed by atoms with Crippen molar-refractivity contribution in [3.63, 3.8) is 0 Å². The Hall–Kier alpha value is -1.70. The summed E-state index contributed by atoms with van der Waals surface area (Å²) in [4.78, 5) is 0.387. The molecule has 0 radical (unpaired) electrons. The maximum absolute atomic E-state index is 12.5. The number of sulfonamides is 1. The quantitative estimate of drug-likeness (QED) is 0.829. The lowest BCUT2D eigenvalue weighted by atomic mass is 10.2. The van der Waals surface area contributed by atoms with Crippen LogP contribution in [0.5, 0.6) is 0 Å². The van der Waals surface area contributed by atoms with Crippen LogP contribution in [0.2, 0.25) is 0 Å². The van der Waals surface area contributed by atoms with Gasteiger partial charge in [-0.25, -0.2) is 8.42 Å². The molecule has 2 heterocycles. The van der Waals surface area contributed by atoms with Crippen LogP contribution < -0.4 is 5.32 Å². The van der Waals surface area contributed by atoms with Gasteiger partial charge in [0, 0.05) is 38.1 Å². The van der Waals surface area contributed by atoms with Gasteiger partial charge in [-0.2, -0.15) is 9.40 Å². The summed E-state index contributed by atoms with van der Waals surface area (Å²) in [5.41, 5.74) is 1.07. The van der Waals surface area contributed by atoms with Gasteiger partial charge >= 0.3 is 0 Å². The summed E-state index contributed by atoms with van der Waals surface area (Å²) in [6, 6.07) is 9.38. The van der Waals surface area contributed by atoms with Gasteiger partial charge in [0.05, 0.1) is 11.4 Å². The van der Waals surface area contributed by atoms with Gasteiger partial charge in [0.15, 0.2) is 0 Å². The second-order valence-electron chi connectivity index (χ2n) is 6.27. The summed E-state index contributed by atoms with van der Waals surface area (Å²) in [5.74, 6) is 0. The van der Waals surface area contributed by atoms with Crippen molar-refractivity contribution in [2.75, 3.05) is 13.1 Å². The highest BCUT2D eigenvalue weighted by Gasteiger charge is 2.26. The van der Waals surface area contributed by atoms with E-state index in [9.17, 15) is 8.42 Å². The van der Waals surface area contributed by atoms with E-state index in [1.165, 1.54) is 0 Å². The SMILES string of the molecule is C[C@H](Cn1cccn1)NCc1ccc(S(=O)(=O)N2CCCC2)cc1. The molecule has 1 saturated heterocycles. The molecule has 0 saturated carbocycles. The third kappa shape index (κ3) is 4.03. The van der Waals surface area contributed by atoms with Gasteiger partial charge in [0.25, 0.3) is 0 Å². The van der Waals surface area contributed by atoms with E-state index in [1.54, 1.807) is 22.6 Å². The summed E-state index contributed by atoms with van der Waals surface area (Å²) in [7, 11) is -3.32. The maximum atomic E-state index is 12.5. The summed E-state index contributed by atoms with van der Waals surface area (Å²) in [6.07, 6.45) is 5.62. The lowest BCUT2D eigenvalue weighted by Crippen LogP contribution is -2.30. The predicted molar refractivity (Wildman–Crippen MR) is 93.0 cm³/mol. The Morgan fingerprint density at radius 2 is 1.92 bits per heavy atom. The molecule has 0 amide bonds. The number of nitrogens with one attached hydrogen (secondary N) is 1. The lowest BCUT2D eigenvalue weighted by molar-refractivity contribution is 0.450. The van der Waals surface area contributed by atoms with Crippen LogP contribution in [-0.2, 0) is 23.1 Å². The first-order chi connectivity index (χ1) is 11.6. The third-order valence-corrected chi connectivity index (χ3v) is 6.21. The van der Waals surface area contributed by atoms with Crippen molar-refractivity contribution in [2.45, 2.75) is 43.8 Å². The Labute approximate surface area is 143 Å². The molecule has 0 bridgehead atoms. The molecule has 130 valence electrons. The molecule has 1 aromatic heterocycles. The van der Waals surface area contributed by atoms with Crippen LogP contribution in [0.1, 0.15) is 25.3 Å². The number of rotatable bonds is 7. The summed E-state index contributed by atoms with van der Waals surface area (Å²) in [6.45, 7) is 4.88. The fraction of sp³-hybridized carbons (Fsp3) is 0.471. The molecule has 1 N–H and O–H groups in total. The minimum absolute atomic E-state index is 0.276. The van der Waals surface area contributed by atoms with E-state index < -0.39 is 10.0 Å². The van der Waals surface area contributed by atoms with Gasteiger partial charge in [-0.05, 0) is 43.5 Å². The van der Waals surface area contributed by atoms with Crippen molar-refractivity contribution < 1.29 is 8.42 Å². The topological polar surface area (TPSA) is 67.2 Å². The van der Waals surface area contributed by atoms with Crippen molar-refractivity contribution in [2.24, 2.45) is 0 Å². The average Bonchev–Trinajstić information content (AvgIpc) is 3.27. The average molecular weight is 348 g/mol. The van der Waals surface area contributed by atoms with Gasteiger partial charge in [-0.15, -0.1) is 0 Å². The number of hydrogen-bond donors (Lipinski definition) is 1. The summed E-state index contributed by atoms with van der Waals surface area (Å²) in [5, 5.41) is 7.62. The van der Waals surface area contributed by atoms with E-state index in [1.807, 2.05) is 29.1 Å². The van der Waals surface area contributed by atoms with E-state index in [0.29, 0.717) is 24.5 Å².